The van der Waals surface area contributed by atoms with Crippen molar-refractivity contribution in [3.05, 3.63) is 60.8 Å². The number of rotatable bonds is 40. The Bertz CT molecular complexity index is 999. The van der Waals surface area contributed by atoms with Crippen LogP contribution in [-0.4, -0.2) is 46.9 Å². The van der Waals surface area contributed by atoms with Crippen LogP contribution in [0, 0.1) is 0 Å². The molecule has 3 N–H and O–H groups in total. The van der Waals surface area contributed by atoms with Crippen molar-refractivity contribution in [2.75, 3.05) is 6.61 Å². The predicted molar refractivity (Wildman–Crippen MR) is 236 cm³/mol. The van der Waals surface area contributed by atoms with E-state index >= 15 is 0 Å². The molecule has 3 unspecified atom stereocenters. The Morgan fingerprint density at radius 3 is 1.38 bits per heavy atom. The molecule has 0 saturated heterocycles. The Morgan fingerprint density at radius 1 is 0.545 bits per heavy atom. The molecule has 0 aliphatic rings. The molecule has 6 heteroatoms. The van der Waals surface area contributed by atoms with Crippen molar-refractivity contribution >= 4 is 11.9 Å². The number of aliphatic hydroxyl groups excluding tert-OH is 2. The van der Waals surface area contributed by atoms with Gasteiger partial charge in [-0.3, -0.25) is 9.59 Å². The van der Waals surface area contributed by atoms with E-state index in [1.165, 1.54) is 122 Å². The summed E-state index contributed by atoms with van der Waals surface area (Å²) in [5.41, 5.74) is 0. The fraction of sp³-hybridized carbons (Fsp3) is 0.755. The minimum absolute atomic E-state index is 0.0179. The molecule has 0 rings (SSSR count). The van der Waals surface area contributed by atoms with E-state index in [0.717, 1.165) is 44.9 Å². The highest BCUT2D eigenvalue weighted by Crippen LogP contribution is 2.16. The second-order valence-electron chi connectivity index (χ2n) is 15.6. The highest BCUT2D eigenvalue weighted by molar-refractivity contribution is 5.77. The summed E-state index contributed by atoms with van der Waals surface area (Å²) in [6.45, 7) is 6.27. The van der Waals surface area contributed by atoms with Crippen LogP contribution in [0.2, 0.25) is 0 Å². The first-order chi connectivity index (χ1) is 27.0. The molecule has 0 saturated carbocycles. The third-order valence-electron chi connectivity index (χ3n) is 10.2. The van der Waals surface area contributed by atoms with Crippen molar-refractivity contribution in [3.8, 4) is 0 Å². The van der Waals surface area contributed by atoms with Crippen molar-refractivity contribution in [1.29, 1.82) is 0 Å². The van der Waals surface area contributed by atoms with Crippen molar-refractivity contribution in [3.63, 3.8) is 0 Å². The fourth-order valence-corrected chi connectivity index (χ4v) is 6.75. The minimum Gasteiger partial charge on any atom is -0.461 e. The van der Waals surface area contributed by atoms with Crippen LogP contribution in [0.4, 0.5) is 0 Å². The molecule has 1 amide bonds. The lowest BCUT2D eigenvalue weighted by Gasteiger charge is -2.24. The SMILES string of the molecule is CC/C=C/C=C/C=C\C=C/C=C/CC(CC(=O)NC(CO)C(O)CCCCCCCCCCCCCCCCC)OC(=O)CCCCCCCCCCCC. The molecule has 0 aliphatic carbocycles. The maximum absolute atomic E-state index is 13.1. The number of ether oxygens (including phenoxy) is 1. The van der Waals surface area contributed by atoms with Gasteiger partial charge in [-0.2, -0.15) is 0 Å². The highest BCUT2D eigenvalue weighted by Gasteiger charge is 2.23. The lowest BCUT2D eigenvalue weighted by molar-refractivity contribution is -0.150. The first kappa shape index (κ1) is 52.6. The van der Waals surface area contributed by atoms with Gasteiger partial charge in [-0.1, -0.05) is 236 Å². The predicted octanol–water partition coefficient (Wildman–Crippen LogP) is 13.3. The van der Waals surface area contributed by atoms with Crippen molar-refractivity contribution < 1.29 is 24.5 Å². The highest BCUT2D eigenvalue weighted by atomic mass is 16.5. The van der Waals surface area contributed by atoms with Crippen LogP contribution < -0.4 is 5.32 Å². The molecule has 0 spiro atoms. The van der Waals surface area contributed by atoms with Gasteiger partial charge in [0.1, 0.15) is 6.10 Å². The van der Waals surface area contributed by atoms with Crippen LogP contribution in [-0.2, 0) is 14.3 Å². The molecular formula is C49H87NO5. The number of carbonyl (C=O) groups is 2. The Morgan fingerprint density at radius 2 is 0.945 bits per heavy atom. The molecule has 0 aromatic rings. The number of hydrogen-bond donors (Lipinski definition) is 3. The van der Waals surface area contributed by atoms with Gasteiger partial charge in [0.05, 0.1) is 25.2 Å². The van der Waals surface area contributed by atoms with E-state index < -0.39 is 18.2 Å². The van der Waals surface area contributed by atoms with E-state index in [-0.39, 0.29) is 24.9 Å². The van der Waals surface area contributed by atoms with Crippen LogP contribution in [0.25, 0.3) is 0 Å². The van der Waals surface area contributed by atoms with E-state index in [4.69, 9.17) is 4.74 Å². The molecule has 0 fully saturated rings. The minimum atomic E-state index is -0.816. The zero-order valence-electron chi connectivity index (χ0n) is 36.0. The van der Waals surface area contributed by atoms with Gasteiger partial charge in [-0.05, 0) is 19.3 Å². The number of nitrogens with one attached hydrogen (secondary N) is 1. The number of hydrogen-bond acceptors (Lipinski definition) is 5. The molecule has 0 bridgehead atoms. The van der Waals surface area contributed by atoms with Crippen molar-refractivity contribution in [2.45, 2.75) is 232 Å². The number of amides is 1. The number of carbonyl (C=O) groups excluding carboxylic acids is 2. The molecular weight excluding hydrogens is 683 g/mol. The summed E-state index contributed by atoms with van der Waals surface area (Å²) in [7, 11) is 0. The van der Waals surface area contributed by atoms with E-state index in [1.54, 1.807) is 0 Å². The van der Waals surface area contributed by atoms with Crippen LogP contribution in [0.5, 0.6) is 0 Å². The second-order valence-corrected chi connectivity index (χ2v) is 15.6. The van der Waals surface area contributed by atoms with Crippen LogP contribution in [0.3, 0.4) is 0 Å². The normalized spacial score (nSPS) is 13.9. The third kappa shape index (κ3) is 38.2. The summed E-state index contributed by atoms with van der Waals surface area (Å²) in [5, 5.41) is 23.6. The van der Waals surface area contributed by atoms with Gasteiger partial charge in [0.15, 0.2) is 0 Å². The van der Waals surface area contributed by atoms with Gasteiger partial charge in [0.2, 0.25) is 5.91 Å². The Labute approximate surface area is 339 Å². The molecule has 0 aliphatic heterocycles. The van der Waals surface area contributed by atoms with Gasteiger partial charge in [0, 0.05) is 12.8 Å². The average Bonchev–Trinajstić information content (AvgIpc) is 3.18. The maximum Gasteiger partial charge on any atom is 0.306 e. The molecule has 0 aromatic heterocycles. The Hall–Kier alpha value is -2.44. The Kier molecular flexibility index (Phi) is 40.8. The van der Waals surface area contributed by atoms with Crippen molar-refractivity contribution in [1.82, 2.24) is 5.32 Å². The van der Waals surface area contributed by atoms with Crippen LogP contribution in [0.1, 0.15) is 213 Å². The van der Waals surface area contributed by atoms with E-state index in [2.05, 4.69) is 32.2 Å². The summed E-state index contributed by atoms with van der Waals surface area (Å²) in [6, 6.07) is -0.737. The van der Waals surface area contributed by atoms with Crippen molar-refractivity contribution in [2.24, 2.45) is 0 Å². The van der Waals surface area contributed by atoms with Gasteiger partial charge in [-0.15, -0.1) is 0 Å². The summed E-state index contributed by atoms with van der Waals surface area (Å²) >= 11 is 0. The molecule has 55 heavy (non-hydrogen) atoms. The summed E-state index contributed by atoms with van der Waals surface area (Å²) in [6.07, 6.45) is 51.6. The zero-order valence-corrected chi connectivity index (χ0v) is 36.0. The lowest BCUT2D eigenvalue weighted by Crippen LogP contribution is -2.46. The molecule has 6 nitrogen and oxygen atoms in total. The monoisotopic (exact) mass is 770 g/mol. The first-order valence-corrected chi connectivity index (χ1v) is 23.1. The summed E-state index contributed by atoms with van der Waals surface area (Å²) in [5.74, 6) is -0.609. The lowest BCUT2D eigenvalue weighted by atomic mass is 10.0. The van der Waals surface area contributed by atoms with Gasteiger partial charge < -0.3 is 20.3 Å². The van der Waals surface area contributed by atoms with Crippen LogP contribution >= 0.6 is 0 Å². The van der Waals surface area contributed by atoms with Gasteiger partial charge in [0.25, 0.3) is 0 Å². The smallest absolute Gasteiger partial charge is 0.306 e. The summed E-state index contributed by atoms with van der Waals surface area (Å²) in [4.78, 5) is 25.9. The zero-order chi connectivity index (χ0) is 40.3. The van der Waals surface area contributed by atoms with Gasteiger partial charge in [-0.25, -0.2) is 0 Å². The van der Waals surface area contributed by atoms with Gasteiger partial charge >= 0.3 is 5.97 Å². The average molecular weight is 770 g/mol. The molecule has 0 heterocycles. The molecule has 318 valence electrons. The third-order valence-corrected chi connectivity index (χ3v) is 10.2. The number of esters is 1. The number of aliphatic hydroxyl groups is 2. The fourth-order valence-electron chi connectivity index (χ4n) is 6.75. The van der Waals surface area contributed by atoms with E-state index in [1.807, 2.05) is 54.7 Å². The number of allylic oxidation sites excluding steroid dienone is 9. The first-order valence-electron chi connectivity index (χ1n) is 23.1. The molecule has 0 radical (unpaired) electrons. The van der Waals surface area contributed by atoms with E-state index in [9.17, 15) is 19.8 Å². The van der Waals surface area contributed by atoms with Crippen LogP contribution in [0.15, 0.2) is 60.8 Å². The summed E-state index contributed by atoms with van der Waals surface area (Å²) < 4.78 is 5.80. The maximum atomic E-state index is 13.1. The largest absolute Gasteiger partial charge is 0.461 e. The number of unbranched alkanes of at least 4 members (excludes halogenated alkanes) is 23. The molecule has 0 aromatic carbocycles. The molecule has 3 atom stereocenters. The topological polar surface area (TPSA) is 95.9 Å². The quantitative estimate of drug-likeness (QED) is 0.0328. The second kappa shape index (κ2) is 42.7. The van der Waals surface area contributed by atoms with E-state index in [0.29, 0.717) is 19.3 Å². The standard InChI is InChI=1S/C49H87NO5/c1-4-7-10-13-16-19-22-23-24-25-27-29-32-35-38-41-47(52)46(44-51)50-48(53)43-45(40-37-34-31-28-26-20-17-14-11-8-5-2)55-49(54)42-39-36-33-30-21-18-15-12-9-6-3/h8,11,14,17,20,26,28,31,34,37,45-47,51-52H,4-7,9-10,12-13,15-16,18-19,21-25,27,29-30,32-33,35-36,38-44H2,1-3H3,(H,50,53)/b11-8+,17-14+,26-20-,31-28-,37-34+. The Balaban J connectivity index is 4.64.